The molecule has 2 heterocycles. The van der Waals surface area contributed by atoms with Crippen molar-refractivity contribution in [1.82, 2.24) is 10.3 Å². The van der Waals surface area contributed by atoms with Crippen LogP contribution in [0.4, 0.5) is 5.69 Å². The molecule has 7 nitrogen and oxygen atoms in total. The number of rotatable bonds is 8. The highest BCUT2D eigenvalue weighted by molar-refractivity contribution is 5.94. The third-order valence-corrected chi connectivity index (χ3v) is 4.84. The van der Waals surface area contributed by atoms with Gasteiger partial charge in [0.15, 0.2) is 11.7 Å². The zero-order valence-corrected chi connectivity index (χ0v) is 16.5. The molecular formula is C23H23N3O4. The van der Waals surface area contributed by atoms with E-state index in [2.05, 4.69) is 15.6 Å². The third-order valence-electron chi connectivity index (χ3n) is 4.84. The van der Waals surface area contributed by atoms with Crippen LogP contribution in [0.15, 0.2) is 59.1 Å². The normalized spacial score (nSPS) is 12.7. The molecule has 0 atom stereocenters. The Balaban J connectivity index is 1.17. The van der Waals surface area contributed by atoms with Crippen LogP contribution in [0.5, 0.6) is 5.75 Å². The number of aryl methyl sites for hydroxylation is 2. The Morgan fingerprint density at radius 2 is 2.03 bits per heavy atom. The van der Waals surface area contributed by atoms with Gasteiger partial charge in [0, 0.05) is 30.5 Å². The van der Waals surface area contributed by atoms with E-state index in [4.69, 9.17) is 9.15 Å². The molecule has 0 saturated carbocycles. The number of nitrogens with zero attached hydrogens (tertiary/aromatic N) is 1. The maximum atomic E-state index is 12.1. The number of benzene rings is 2. The fourth-order valence-electron chi connectivity index (χ4n) is 3.28. The number of anilines is 1. The zero-order chi connectivity index (χ0) is 20.8. The summed E-state index contributed by atoms with van der Waals surface area (Å²) in [6.07, 6.45) is 3.62. The van der Waals surface area contributed by atoms with Crippen LogP contribution in [0.25, 0.3) is 11.3 Å². The second-order valence-corrected chi connectivity index (χ2v) is 7.05. The number of fused-ring (bicyclic) bond motifs is 1. The highest BCUT2D eigenvalue weighted by Gasteiger charge is 2.15. The minimum atomic E-state index is -0.0776. The van der Waals surface area contributed by atoms with Crippen LogP contribution in [0.1, 0.15) is 24.3 Å². The van der Waals surface area contributed by atoms with Gasteiger partial charge in [0.1, 0.15) is 12.4 Å². The lowest BCUT2D eigenvalue weighted by atomic mass is 10.0. The van der Waals surface area contributed by atoms with E-state index < -0.39 is 0 Å². The second-order valence-electron chi connectivity index (χ2n) is 7.05. The number of carbonyl (C=O) groups is 2. The summed E-state index contributed by atoms with van der Waals surface area (Å²) in [5.74, 6) is 1.93. The van der Waals surface area contributed by atoms with Crippen molar-refractivity contribution >= 4 is 17.5 Å². The Labute approximate surface area is 174 Å². The summed E-state index contributed by atoms with van der Waals surface area (Å²) in [5, 5.41) is 5.68. The molecule has 0 bridgehead atoms. The summed E-state index contributed by atoms with van der Waals surface area (Å²) in [6.45, 7) is 0.779. The number of hydrogen-bond acceptors (Lipinski definition) is 5. The van der Waals surface area contributed by atoms with E-state index in [0.717, 1.165) is 22.6 Å². The van der Waals surface area contributed by atoms with Gasteiger partial charge in [-0.2, -0.15) is 0 Å². The maximum absolute atomic E-state index is 12.1. The zero-order valence-electron chi connectivity index (χ0n) is 16.5. The standard InChI is InChI=1S/C23H23N3O4/c27-21(10-11-23-25-15-20(30-23)16-4-2-1-3-5-16)24-12-13-29-18-7-8-19-17(14-18)6-9-22(28)26-19/h1-5,7-8,14-15H,6,9-13H2,(H,24,27)(H,26,28). The second kappa shape index (κ2) is 9.26. The molecule has 0 saturated heterocycles. The fourth-order valence-corrected chi connectivity index (χ4v) is 3.28. The van der Waals surface area contributed by atoms with Gasteiger partial charge in [-0.3, -0.25) is 9.59 Å². The largest absolute Gasteiger partial charge is 0.492 e. The number of carbonyl (C=O) groups excluding carboxylic acids is 2. The van der Waals surface area contributed by atoms with Gasteiger partial charge in [-0.25, -0.2) is 4.98 Å². The van der Waals surface area contributed by atoms with Gasteiger partial charge in [0.2, 0.25) is 11.8 Å². The van der Waals surface area contributed by atoms with Crippen molar-refractivity contribution in [2.24, 2.45) is 0 Å². The number of oxazole rings is 1. The molecule has 154 valence electrons. The molecule has 1 aromatic heterocycles. The first kappa shape index (κ1) is 19.7. The van der Waals surface area contributed by atoms with E-state index >= 15 is 0 Å². The van der Waals surface area contributed by atoms with Crippen molar-refractivity contribution in [2.75, 3.05) is 18.5 Å². The lowest BCUT2D eigenvalue weighted by molar-refractivity contribution is -0.121. The number of hydrogen-bond donors (Lipinski definition) is 2. The first-order valence-electron chi connectivity index (χ1n) is 10.00. The van der Waals surface area contributed by atoms with Crippen LogP contribution in [0.2, 0.25) is 0 Å². The maximum Gasteiger partial charge on any atom is 0.224 e. The Bertz CT molecular complexity index is 1030. The molecule has 1 aliphatic heterocycles. The van der Waals surface area contributed by atoms with Crippen LogP contribution in [-0.4, -0.2) is 29.9 Å². The number of nitrogens with one attached hydrogen (secondary N) is 2. The van der Waals surface area contributed by atoms with E-state index in [1.165, 1.54) is 0 Å². The third kappa shape index (κ3) is 5.05. The van der Waals surface area contributed by atoms with Crippen molar-refractivity contribution in [2.45, 2.75) is 25.7 Å². The summed E-state index contributed by atoms with van der Waals surface area (Å²) < 4.78 is 11.4. The molecule has 7 heteroatoms. The van der Waals surface area contributed by atoms with Crippen molar-refractivity contribution in [3.8, 4) is 17.1 Å². The molecule has 2 amide bonds. The van der Waals surface area contributed by atoms with Crippen molar-refractivity contribution in [1.29, 1.82) is 0 Å². The summed E-state index contributed by atoms with van der Waals surface area (Å²) in [6, 6.07) is 15.3. The predicted octanol–water partition coefficient (Wildman–Crippen LogP) is 3.35. The quantitative estimate of drug-likeness (QED) is 0.561. The minimum absolute atomic E-state index is 0.0416. The first-order valence-corrected chi connectivity index (χ1v) is 10.00. The predicted molar refractivity (Wildman–Crippen MR) is 112 cm³/mol. The van der Waals surface area contributed by atoms with E-state index in [1.54, 1.807) is 6.20 Å². The average Bonchev–Trinajstić information content (AvgIpc) is 3.25. The van der Waals surface area contributed by atoms with Gasteiger partial charge in [-0.15, -0.1) is 0 Å². The highest BCUT2D eigenvalue weighted by Crippen LogP contribution is 2.26. The van der Waals surface area contributed by atoms with E-state index in [1.807, 2.05) is 48.5 Å². The van der Waals surface area contributed by atoms with Gasteiger partial charge >= 0.3 is 0 Å². The van der Waals surface area contributed by atoms with Gasteiger partial charge in [-0.05, 0) is 30.2 Å². The molecule has 0 spiro atoms. The summed E-state index contributed by atoms with van der Waals surface area (Å²) >= 11 is 0. The lowest BCUT2D eigenvalue weighted by Gasteiger charge is -2.17. The van der Waals surface area contributed by atoms with E-state index in [9.17, 15) is 9.59 Å². The molecule has 1 aliphatic rings. The van der Waals surface area contributed by atoms with Crippen molar-refractivity contribution < 1.29 is 18.7 Å². The molecule has 4 rings (SSSR count). The van der Waals surface area contributed by atoms with Gasteiger partial charge in [0.05, 0.1) is 12.7 Å². The number of ether oxygens (including phenoxy) is 1. The van der Waals surface area contributed by atoms with Crippen LogP contribution >= 0.6 is 0 Å². The molecule has 30 heavy (non-hydrogen) atoms. The first-order chi connectivity index (χ1) is 14.7. The van der Waals surface area contributed by atoms with Gasteiger partial charge < -0.3 is 19.8 Å². The molecule has 2 aromatic carbocycles. The van der Waals surface area contributed by atoms with Crippen molar-refractivity contribution in [3.63, 3.8) is 0 Å². The fraction of sp³-hybridized carbons (Fsp3) is 0.261. The highest BCUT2D eigenvalue weighted by atomic mass is 16.5. The van der Waals surface area contributed by atoms with Crippen LogP contribution in [0.3, 0.4) is 0 Å². The smallest absolute Gasteiger partial charge is 0.224 e. The lowest BCUT2D eigenvalue weighted by Crippen LogP contribution is -2.28. The molecule has 0 radical (unpaired) electrons. The number of aromatic nitrogens is 1. The Kier molecular flexibility index (Phi) is 6.08. The number of amides is 2. The van der Waals surface area contributed by atoms with Crippen molar-refractivity contribution in [3.05, 3.63) is 66.2 Å². The molecule has 2 N–H and O–H groups in total. The van der Waals surface area contributed by atoms with E-state index in [0.29, 0.717) is 50.5 Å². The van der Waals surface area contributed by atoms with E-state index in [-0.39, 0.29) is 11.8 Å². The molecule has 0 unspecified atom stereocenters. The Morgan fingerprint density at radius 1 is 1.17 bits per heavy atom. The summed E-state index contributed by atoms with van der Waals surface area (Å²) in [7, 11) is 0. The van der Waals surface area contributed by atoms with Gasteiger partial charge in [-0.1, -0.05) is 30.3 Å². The Morgan fingerprint density at radius 3 is 2.90 bits per heavy atom. The molecular weight excluding hydrogens is 382 g/mol. The topological polar surface area (TPSA) is 93.5 Å². The molecule has 3 aromatic rings. The summed E-state index contributed by atoms with van der Waals surface area (Å²) in [4.78, 5) is 27.7. The van der Waals surface area contributed by atoms with Crippen LogP contribution < -0.4 is 15.4 Å². The summed E-state index contributed by atoms with van der Waals surface area (Å²) in [5.41, 5.74) is 2.87. The molecule has 0 fully saturated rings. The Hall–Kier alpha value is -3.61. The van der Waals surface area contributed by atoms with Gasteiger partial charge in [0.25, 0.3) is 0 Å². The monoisotopic (exact) mass is 405 g/mol. The van der Waals surface area contributed by atoms with Crippen LogP contribution in [-0.2, 0) is 22.4 Å². The minimum Gasteiger partial charge on any atom is -0.492 e. The van der Waals surface area contributed by atoms with Crippen LogP contribution in [0, 0.1) is 0 Å². The SMILES string of the molecule is O=C(CCc1ncc(-c2ccccc2)o1)NCCOc1ccc2c(c1)CCC(=O)N2. The average molecular weight is 405 g/mol. The molecule has 0 aliphatic carbocycles.